The van der Waals surface area contributed by atoms with Crippen molar-refractivity contribution in [2.24, 2.45) is 5.92 Å². The molecule has 0 aromatic rings. The van der Waals surface area contributed by atoms with Crippen molar-refractivity contribution >= 4 is 0 Å². The first-order valence-electron chi connectivity index (χ1n) is 5.12. The van der Waals surface area contributed by atoms with Crippen molar-refractivity contribution in [2.45, 2.75) is 39.0 Å². The lowest BCUT2D eigenvalue weighted by Crippen LogP contribution is -2.31. The van der Waals surface area contributed by atoms with Crippen LogP contribution in [0, 0.1) is 5.92 Å². The summed E-state index contributed by atoms with van der Waals surface area (Å²) < 4.78 is 12.8. The minimum absolute atomic E-state index is 0.287. The number of nitrogens with zero attached hydrogens (tertiary/aromatic N) is 1. The predicted molar refractivity (Wildman–Crippen MR) is 51.4 cm³/mol. The Labute approximate surface area is 79.7 Å². The molecule has 0 radical (unpaired) electrons. The van der Waals surface area contributed by atoms with E-state index in [1.54, 1.807) is 0 Å². The van der Waals surface area contributed by atoms with Gasteiger partial charge in [-0.2, -0.15) is 0 Å². The molecule has 0 aromatic heterocycles. The summed E-state index contributed by atoms with van der Waals surface area (Å²) in [5.74, 6) is 0.513. The summed E-state index contributed by atoms with van der Waals surface area (Å²) in [5.41, 5.74) is 0. The van der Waals surface area contributed by atoms with Gasteiger partial charge in [-0.05, 0) is 18.8 Å². The Morgan fingerprint density at radius 1 is 1.54 bits per heavy atom. The average Bonchev–Trinajstić information content (AvgIpc) is 2.33. The molecular formula is C10H20FNO. The number of hydrogen-bond donors (Lipinski definition) is 1. The van der Waals surface area contributed by atoms with Crippen molar-refractivity contribution in [1.29, 1.82) is 0 Å². The maximum Gasteiger partial charge on any atom is 0.114 e. The van der Waals surface area contributed by atoms with Crippen molar-refractivity contribution in [3.8, 4) is 0 Å². The number of hydrogen-bond acceptors (Lipinski definition) is 2. The Morgan fingerprint density at radius 2 is 2.23 bits per heavy atom. The van der Waals surface area contributed by atoms with Gasteiger partial charge in [0.25, 0.3) is 0 Å². The normalized spacial score (nSPS) is 27.0. The minimum atomic E-state index is -0.675. The topological polar surface area (TPSA) is 23.5 Å². The number of alkyl halides is 1. The molecule has 0 spiro atoms. The highest BCUT2D eigenvalue weighted by atomic mass is 19.1. The molecular weight excluding hydrogens is 169 g/mol. The van der Waals surface area contributed by atoms with Gasteiger partial charge < -0.3 is 5.11 Å². The largest absolute Gasteiger partial charge is 0.392 e. The number of rotatable bonds is 4. The quantitative estimate of drug-likeness (QED) is 0.723. The number of aliphatic hydroxyl groups excluding tert-OH is 1. The Hall–Kier alpha value is -0.150. The second kappa shape index (κ2) is 4.91. The van der Waals surface area contributed by atoms with Gasteiger partial charge in [-0.3, -0.25) is 4.90 Å². The average molecular weight is 189 g/mol. The highest BCUT2D eigenvalue weighted by molar-refractivity contribution is 4.77. The lowest BCUT2D eigenvalue weighted by molar-refractivity contribution is 0.103. The summed E-state index contributed by atoms with van der Waals surface area (Å²) in [7, 11) is 0. The fourth-order valence-corrected chi connectivity index (χ4v) is 1.87. The van der Waals surface area contributed by atoms with Gasteiger partial charge in [0.1, 0.15) is 6.17 Å². The van der Waals surface area contributed by atoms with Gasteiger partial charge in [-0.15, -0.1) is 0 Å². The molecule has 78 valence electrons. The molecule has 2 unspecified atom stereocenters. The summed E-state index contributed by atoms with van der Waals surface area (Å²) in [6.45, 7) is 6.13. The smallest absolute Gasteiger partial charge is 0.114 e. The fraction of sp³-hybridized carbons (Fsp3) is 1.00. The van der Waals surface area contributed by atoms with Crippen molar-refractivity contribution in [3.05, 3.63) is 0 Å². The molecule has 1 aliphatic rings. The third-order valence-corrected chi connectivity index (χ3v) is 2.43. The number of halogens is 1. The Kier molecular flexibility index (Phi) is 4.13. The molecule has 2 atom stereocenters. The highest BCUT2D eigenvalue weighted by Crippen LogP contribution is 2.14. The Bertz CT molecular complexity index is 152. The standard InChI is InChI=1S/C10H20FNO/c1-8(2)5-10(13)7-12-4-3-9(11)6-12/h8-10,13H,3-7H2,1-2H3. The van der Waals surface area contributed by atoms with Crippen LogP contribution in [0.3, 0.4) is 0 Å². The molecule has 1 N–H and O–H groups in total. The molecule has 0 aliphatic carbocycles. The minimum Gasteiger partial charge on any atom is -0.392 e. The fourth-order valence-electron chi connectivity index (χ4n) is 1.87. The molecule has 1 rings (SSSR count). The van der Waals surface area contributed by atoms with Crippen LogP contribution in [-0.4, -0.2) is 41.9 Å². The van der Waals surface area contributed by atoms with E-state index in [0.717, 1.165) is 13.0 Å². The van der Waals surface area contributed by atoms with E-state index in [9.17, 15) is 9.50 Å². The van der Waals surface area contributed by atoms with Crippen molar-refractivity contribution in [2.75, 3.05) is 19.6 Å². The van der Waals surface area contributed by atoms with Crippen molar-refractivity contribution in [3.63, 3.8) is 0 Å². The van der Waals surface area contributed by atoms with Crippen LogP contribution in [0.2, 0.25) is 0 Å². The van der Waals surface area contributed by atoms with E-state index in [1.807, 2.05) is 4.90 Å². The monoisotopic (exact) mass is 189 g/mol. The summed E-state index contributed by atoms with van der Waals surface area (Å²) in [6.07, 6.45) is 0.485. The van der Waals surface area contributed by atoms with Gasteiger partial charge in [0, 0.05) is 19.6 Å². The number of aliphatic hydroxyl groups is 1. The van der Waals surface area contributed by atoms with E-state index in [4.69, 9.17) is 0 Å². The molecule has 2 nitrogen and oxygen atoms in total. The van der Waals surface area contributed by atoms with Gasteiger partial charge in [0.2, 0.25) is 0 Å². The molecule has 1 heterocycles. The highest BCUT2D eigenvalue weighted by Gasteiger charge is 2.23. The first kappa shape index (κ1) is 10.9. The third kappa shape index (κ3) is 4.05. The van der Waals surface area contributed by atoms with E-state index in [-0.39, 0.29) is 6.10 Å². The van der Waals surface area contributed by atoms with Crippen LogP contribution in [0.25, 0.3) is 0 Å². The Morgan fingerprint density at radius 3 is 2.69 bits per heavy atom. The summed E-state index contributed by atoms with van der Waals surface area (Å²) >= 11 is 0. The number of β-amino-alcohol motifs (C(OH)–C–C–N with tert-alkyl or cyclic N) is 1. The summed E-state index contributed by atoms with van der Waals surface area (Å²) in [6, 6.07) is 0. The molecule has 13 heavy (non-hydrogen) atoms. The van der Waals surface area contributed by atoms with Crippen molar-refractivity contribution in [1.82, 2.24) is 4.90 Å². The van der Waals surface area contributed by atoms with Gasteiger partial charge in [-0.25, -0.2) is 4.39 Å². The molecule has 0 bridgehead atoms. The van der Waals surface area contributed by atoms with Crippen LogP contribution in [-0.2, 0) is 0 Å². The molecule has 0 saturated carbocycles. The lowest BCUT2D eigenvalue weighted by atomic mass is 10.1. The van der Waals surface area contributed by atoms with Crippen LogP contribution in [0.5, 0.6) is 0 Å². The van der Waals surface area contributed by atoms with Gasteiger partial charge in [-0.1, -0.05) is 13.8 Å². The van der Waals surface area contributed by atoms with E-state index < -0.39 is 6.17 Å². The van der Waals surface area contributed by atoms with Crippen LogP contribution in [0.4, 0.5) is 4.39 Å². The third-order valence-electron chi connectivity index (χ3n) is 2.43. The van der Waals surface area contributed by atoms with Crippen LogP contribution < -0.4 is 0 Å². The molecule has 1 fully saturated rings. The summed E-state index contributed by atoms with van der Waals surface area (Å²) in [5, 5.41) is 9.60. The maximum atomic E-state index is 12.8. The molecule has 1 saturated heterocycles. The first-order valence-corrected chi connectivity index (χ1v) is 5.12. The zero-order valence-electron chi connectivity index (χ0n) is 8.54. The second-order valence-electron chi connectivity index (χ2n) is 4.43. The first-order chi connectivity index (χ1) is 6.08. The summed E-state index contributed by atoms with van der Waals surface area (Å²) in [4.78, 5) is 2.01. The van der Waals surface area contributed by atoms with Gasteiger partial charge >= 0.3 is 0 Å². The number of likely N-dealkylation sites (tertiary alicyclic amines) is 1. The van der Waals surface area contributed by atoms with Crippen molar-refractivity contribution < 1.29 is 9.50 Å². The predicted octanol–water partition coefficient (Wildman–Crippen LogP) is 1.44. The van der Waals surface area contributed by atoms with Crippen LogP contribution in [0.1, 0.15) is 26.7 Å². The molecule has 0 aromatic carbocycles. The Balaban J connectivity index is 2.16. The zero-order valence-corrected chi connectivity index (χ0v) is 8.54. The molecule has 3 heteroatoms. The SMILES string of the molecule is CC(C)CC(O)CN1CCC(F)C1. The molecule has 0 amide bonds. The van der Waals surface area contributed by atoms with E-state index >= 15 is 0 Å². The van der Waals surface area contributed by atoms with Crippen LogP contribution >= 0.6 is 0 Å². The van der Waals surface area contributed by atoms with Gasteiger partial charge in [0.05, 0.1) is 6.10 Å². The van der Waals surface area contributed by atoms with E-state index in [1.165, 1.54) is 0 Å². The van der Waals surface area contributed by atoms with E-state index in [2.05, 4.69) is 13.8 Å². The lowest BCUT2D eigenvalue weighted by Gasteiger charge is -2.20. The second-order valence-corrected chi connectivity index (χ2v) is 4.43. The zero-order chi connectivity index (χ0) is 9.84. The van der Waals surface area contributed by atoms with Crippen LogP contribution in [0.15, 0.2) is 0 Å². The maximum absolute atomic E-state index is 12.8. The van der Waals surface area contributed by atoms with Gasteiger partial charge in [0.15, 0.2) is 0 Å². The van der Waals surface area contributed by atoms with E-state index in [0.29, 0.717) is 25.4 Å². The molecule has 1 aliphatic heterocycles.